The number of hydrogen-bond acceptors (Lipinski definition) is 3. The fraction of sp³-hybridized carbons (Fsp3) is 0.400. The summed E-state index contributed by atoms with van der Waals surface area (Å²) in [7, 11) is 5.68. The van der Waals surface area contributed by atoms with Gasteiger partial charge in [-0.1, -0.05) is 29.8 Å². The van der Waals surface area contributed by atoms with Gasteiger partial charge in [0.15, 0.2) is 11.8 Å². The van der Waals surface area contributed by atoms with E-state index in [4.69, 9.17) is 11.6 Å². The van der Waals surface area contributed by atoms with E-state index in [-0.39, 0.29) is 24.0 Å². The van der Waals surface area contributed by atoms with Crippen molar-refractivity contribution in [3.05, 3.63) is 46.5 Å². The summed E-state index contributed by atoms with van der Waals surface area (Å²) in [6, 6.07) is 7.81. The Balaban J connectivity index is 0.00000264. The van der Waals surface area contributed by atoms with Crippen LogP contribution in [-0.2, 0) is 20.1 Å². The van der Waals surface area contributed by atoms with Gasteiger partial charge >= 0.3 is 0 Å². The molecule has 1 aromatic carbocycles. The van der Waals surface area contributed by atoms with E-state index in [1.807, 2.05) is 54.8 Å². The highest BCUT2D eigenvalue weighted by atomic mass is 127. The van der Waals surface area contributed by atoms with E-state index >= 15 is 0 Å². The number of benzene rings is 1. The first-order valence-corrected chi connectivity index (χ1v) is 7.40. The van der Waals surface area contributed by atoms with Crippen LogP contribution in [0.3, 0.4) is 0 Å². The van der Waals surface area contributed by atoms with Crippen LogP contribution in [0.5, 0.6) is 0 Å². The molecule has 1 heterocycles. The summed E-state index contributed by atoms with van der Waals surface area (Å²) in [5, 5.41) is 12.2. The van der Waals surface area contributed by atoms with Gasteiger partial charge < -0.3 is 14.8 Å². The van der Waals surface area contributed by atoms with Crippen molar-refractivity contribution in [2.75, 3.05) is 14.1 Å². The Kier molecular flexibility index (Phi) is 7.77. The second-order valence-electron chi connectivity index (χ2n) is 5.07. The number of aromatic nitrogens is 3. The lowest BCUT2D eigenvalue weighted by molar-refractivity contribution is 0.474. The van der Waals surface area contributed by atoms with Crippen molar-refractivity contribution < 1.29 is 0 Å². The number of rotatable bonds is 4. The second kappa shape index (κ2) is 9.07. The minimum absolute atomic E-state index is 0. The molecule has 0 saturated heterocycles. The molecule has 0 unspecified atom stereocenters. The number of halogens is 2. The van der Waals surface area contributed by atoms with Crippen LogP contribution in [-0.4, -0.2) is 39.7 Å². The van der Waals surface area contributed by atoms with Gasteiger partial charge in [0.25, 0.3) is 0 Å². The zero-order valence-electron chi connectivity index (χ0n) is 13.7. The lowest BCUT2D eigenvalue weighted by atomic mass is 10.2. The van der Waals surface area contributed by atoms with Crippen LogP contribution < -0.4 is 5.32 Å². The van der Waals surface area contributed by atoms with Crippen molar-refractivity contribution in [3.63, 3.8) is 0 Å². The molecule has 0 saturated carbocycles. The summed E-state index contributed by atoms with van der Waals surface area (Å²) in [5.41, 5.74) is 1.06. The predicted molar refractivity (Wildman–Crippen MR) is 104 cm³/mol. The van der Waals surface area contributed by atoms with Crippen LogP contribution >= 0.6 is 35.6 Å². The lowest BCUT2D eigenvalue weighted by Gasteiger charge is -2.22. The Morgan fingerprint density at radius 2 is 2.04 bits per heavy atom. The monoisotopic (exact) mass is 448 g/mol. The van der Waals surface area contributed by atoms with E-state index in [1.165, 1.54) is 0 Å². The normalized spacial score (nSPS) is 11.1. The van der Waals surface area contributed by atoms with Gasteiger partial charge in [0.2, 0.25) is 0 Å². The fourth-order valence-electron chi connectivity index (χ4n) is 2.10. The number of nitrogens with one attached hydrogen (secondary N) is 1. The Labute approximate surface area is 159 Å². The molecular weight excluding hydrogens is 427 g/mol. The molecule has 126 valence electrons. The maximum Gasteiger partial charge on any atom is 0.194 e. The summed E-state index contributed by atoms with van der Waals surface area (Å²) in [4.78, 5) is 6.31. The molecular formula is C15H22ClIN6. The van der Waals surface area contributed by atoms with E-state index in [0.717, 1.165) is 28.2 Å². The Morgan fingerprint density at radius 1 is 1.35 bits per heavy atom. The molecule has 2 rings (SSSR count). The average molecular weight is 449 g/mol. The molecule has 0 aliphatic heterocycles. The molecule has 1 aromatic heterocycles. The highest BCUT2D eigenvalue weighted by Gasteiger charge is 2.10. The first-order valence-electron chi connectivity index (χ1n) is 7.03. The van der Waals surface area contributed by atoms with Gasteiger partial charge in [-0.2, -0.15) is 0 Å². The number of guanidine groups is 1. The van der Waals surface area contributed by atoms with E-state index in [0.29, 0.717) is 13.1 Å². The summed E-state index contributed by atoms with van der Waals surface area (Å²) in [5.74, 6) is 2.53. The van der Waals surface area contributed by atoms with Crippen LogP contribution in [0, 0.1) is 6.92 Å². The topological polar surface area (TPSA) is 58.3 Å². The van der Waals surface area contributed by atoms with Gasteiger partial charge in [0, 0.05) is 32.7 Å². The molecule has 0 spiro atoms. The molecule has 0 aliphatic rings. The Morgan fingerprint density at radius 3 is 2.61 bits per heavy atom. The van der Waals surface area contributed by atoms with Crippen molar-refractivity contribution in [2.24, 2.45) is 12.0 Å². The van der Waals surface area contributed by atoms with E-state index in [1.54, 1.807) is 7.05 Å². The van der Waals surface area contributed by atoms with Crippen LogP contribution in [0.25, 0.3) is 0 Å². The van der Waals surface area contributed by atoms with Gasteiger partial charge in [0.1, 0.15) is 5.82 Å². The molecule has 8 heteroatoms. The zero-order valence-corrected chi connectivity index (χ0v) is 16.8. The van der Waals surface area contributed by atoms with Crippen LogP contribution in [0.2, 0.25) is 5.02 Å². The molecule has 0 aliphatic carbocycles. The van der Waals surface area contributed by atoms with Gasteiger partial charge in [-0.25, -0.2) is 0 Å². The average Bonchev–Trinajstić information content (AvgIpc) is 2.82. The first kappa shape index (κ1) is 19.7. The Bertz CT molecular complexity index is 670. The zero-order chi connectivity index (χ0) is 16.1. The highest BCUT2D eigenvalue weighted by Crippen LogP contribution is 2.16. The quantitative estimate of drug-likeness (QED) is 0.444. The van der Waals surface area contributed by atoms with E-state index in [9.17, 15) is 0 Å². The lowest BCUT2D eigenvalue weighted by Crippen LogP contribution is -2.38. The molecule has 0 bridgehead atoms. The highest BCUT2D eigenvalue weighted by molar-refractivity contribution is 14.0. The minimum atomic E-state index is 0. The molecule has 0 fully saturated rings. The summed E-state index contributed by atoms with van der Waals surface area (Å²) >= 11 is 6.20. The maximum absolute atomic E-state index is 6.20. The second-order valence-corrected chi connectivity index (χ2v) is 5.48. The SMILES string of the molecule is CN=C(NCc1nnc(C)n1C)N(C)Cc1ccccc1Cl.I. The van der Waals surface area contributed by atoms with Crippen molar-refractivity contribution in [2.45, 2.75) is 20.0 Å². The van der Waals surface area contributed by atoms with E-state index in [2.05, 4.69) is 20.5 Å². The molecule has 0 amide bonds. The third-order valence-electron chi connectivity index (χ3n) is 3.53. The molecule has 0 atom stereocenters. The Hall–Kier alpha value is -1.35. The van der Waals surface area contributed by atoms with Crippen molar-refractivity contribution in [1.82, 2.24) is 25.0 Å². The van der Waals surface area contributed by atoms with Gasteiger partial charge in [-0.3, -0.25) is 4.99 Å². The summed E-state index contributed by atoms with van der Waals surface area (Å²) < 4.78 is 1.95. The number of aliphatic imine (C=N–C) groups is 1. The number of hydrogen-bond donors (Lipinski definition) is 1. The van der Waals surface area contributed by atoms with Gasteiger partial charge in [0.05, 0.1) is 6.54 Å². The van der Waals surface area contributed by atoms with E-state index < -0.39 is 0 Å². The maximum atomic E-state index is 6.20. The predicted octanol–water partition coefficient (Wildman–Crippen LogP) is 2.60. The third-order valence-corrected chi connectivity index (χ3v) is 3.89. The fourth-order valence-corrected chi connectivity index (χ4v) is 2.30. The summed E-state index contributed by atoms with van der Waals surface area (Å²) in [6.07, 6.45) is 0. The van der Waals surface area contributed by atoms with Gasteiger partial charge in [-0.05, 0) is 18.6 Å². The molecule has 6 nitrogen and oxygen atoms in total. The molecule has 23 heavy (non-hydrogen) atoms. The number of nitrogens with zero attached hydrogens (tertiary/aromatic N) is 5. The van der Waals surface area contributed by atoms with Crippen LogP contribution in [0.1, 0.15) is 17.2 Å². The largest absolute Gasteiger partial charge is 0.349 e. The molecule has 2 aromatic rings. The molecule has 0 radical (unpaired) electrons. The smallest absolute Gasteiger partial charge is 0.194 e. The van der Waals surface area contributed by atoms with Crippen molar-refractivity contribution in [3.8, 4) is 0 Å². The third kappa shape index (κ3) is 5.07. The standard InChI is InChI=1S/C15H21ClN6.HI/c1-11-19-20-14(22(11)4)9-18-15(17-2)21(3)10-12-7-5-6-8-13(12)16;/h5-8H,9-10H2,1-4H3,(H,17,18);1H. The number of aryl methyl sites for hydroxylation is 1. The first-order chi connectivity index (χ1) is 10.5. The van der Waals surface area contributed by atoms with Crippen molar-refractivity contribution in [1.29, 1.82) is 0 Å². The van der Waals surface area contributed by atoms with Crippen molar-refractivity contribution >= 4 is 41.5 Å². The summed E-state index contributed by atoms with van der Waals surface area (Å²) in [6.45, 7) is 3.17. The minimum Gasteiger partial charge on any atom is -0.349 e. The molecule has 1 N–H and O–H groups in total. The van der Waals surface area contributed by atoms with Gasteiger partial charge in [-0.15, -0.1) is 34.2 Å². The van der Waals surface area contributed by atoms with Crippen LogP contribution in [0.4, 0.5) is 0 Å². The van der Waals surface area contributed by atoms with Crippen LogP contribution in [0.15, 0.2) is 29.3 Å².